The van der Waals surface area contributed by atoms with Gasteiger partial charge in [0, 0.05) is 19.4 Å². The van der Waals surface area contributed by atoms with Gasteiger partial charge in [-0.15, -0.1) is 0 Å². The fourth-order valence-corrected chi connectivity index (χ4v) is 1.72. The van der Waals surface area contributed by atoms with Crippen molar-refractivity contribution in [2.24, 2.45) is 0 Å². The highest BCUT2D eigenvalue weighted by atomic mass is 79.9. The summed E-state index contributed by atoms with van der Waals surface area (Å²) in [6, 6.07) is 0. The fraction of sp³-hybridized carbons (Fsp3) is 0.857. The Kier molecular flexibility index (Phi) is 6.24. The molecule has 11 heavy (non-hydrogen) atoms. The standard InChI is InChI=1S/C7H13Br2NO/c1-10(2)7(11)6(9)4-3-5-8/h6H,3-5H2,1-2H3. The summed E-state index contributed by atoms with van der Waals surface area (Å²) >= 11 is 6.65. The Morgan fingerprint density at radius 1 is 1.55 bits per heavy atom. The number of carbonyl (C=O) groups is 1. The number of alkyl halides is 2. The maximum atomic E-state index is 11.2. The zero-order valence-electron chi connectivity index (χ0n) is 6.81. The van der Waals surface area contributed by atoms with Crippen molar-refractivity contribution >= 4 is 37.8 Å². The monoisotopic (exact) mass is 285 g/mol. The van der Waals surface area contributed by atoms with Crippen LogP contribution in [-0.2, 0) is 4.79 Å². The van der Waals surface area contributed by atoms with Crippen LogP contribution in [0.5, 0.6) is 0 Å². The molecule has 0 aliphatic carbocycles. The number of nitrogens with zero attached hydrogens (tertiary/aromatic N) is 1. The first-order valence-electron chi connectivity index (χ1n) is 3.50. The van der Waals surface area contributed by atoms with Gasteiger partial charge in [0.2, 0.25) is 5.91 Å². The largest absolute Gasteiger partial charge is 0.348 e. The zero-order valence-corrected chi connectivity index (χ0v) is 9.98. The fourth-order valence-electron chi connectivity index (χ4n) is 0.660. The summed E-state index contributed by atoms with van der Waals surface area (Å²) in [7, 11) is 3.54. The van der Waals surface area contributed by atoms with Gasteiger partial charge in [-0.25, -0.2) is 0 Å². The first-order valence-corrected chi connectivity index (χ1v) is 5.54. The summed E-state index contributed by atoms with van der Waals surface area (Å²) in [6.07, 6.45) is 1.91. The molecule has 0 bridgehead atoms. The van der Waals surface area contributed by atoms with E-state index in [0.29, 0.717) is 0 Å². The highest BCUT2D eigenvalue weighted by molar-refractivity contribution is 9.10. The SMILES string of the molecule is CN(C)C(=O)C(Br)CCCBr. The van der Waals surface area contributed by atoms with E-state index in [1.165, 1.54) is 0 Å². The van der Waals surface area contributed by atoms with Crippen molar-refractivity contribution in [3.63, 3.8) is 0 Å². The highest BCUT2D eigenvalue weighted by Gasteiger charge is 2.15. The average Bonchev–Trinajstić information content (AvgIpc) is 1.98. The minimum absolute atomic E-state index is 0.0185. The summed E-state index contributed by atoms with van der Waals surface area (Å²) in [5.41, 5.74) is 0. The van der Waals surface area contributed by atoms with Crippen molar-refractivity contribution in [2.75, 3.05) is 19.4 Å². The summed E-state index contributed by atoms with van der Waals surface area (Å²) in [6.45, 7) is 0. The molecule has 1 atom stereocenters. The van der Waals surface area contributed by atoms with E-state index in [1.807, 2.05) is 0 Å². The van der Waals surface area contributed by atoms with Crippen LogP contribution >= 0.6 is 31.9 Å². The van der Waals surface area contributed by atoms with Crippen LogP contribution < -0.4 is 0 Å². The number of hydrogen-bond donors (Lipinski definition) is 0. The van der Waals surface area contributed by atoms with Crippen molar-refractivity contribution in [3.8, 4) is 0 Å². The quantitative estimate of drug-likeness (QED) is 0.724. The second-order valence-corrected chi connectivity index (χ2v) is 4.43. The van der Waals surface area contributed by atoms with E-state index in [0.717, 1.165) is 18.2 Å². The third kappa shape index (κ3) is 4.80. The molecular weight excluding hydrogens is 274 g/mol. The molecule has 0 aliphatic rings. The molecule has 4 heteroatoms. The Labute approximate surface area is 84.6 Å². The molecule has 0 fully saturated rings. The third-order valence-corrected chi connectivity index (χ3v) is 2.71. The molecule has 0 saturated heterocycles. The zero-order chi connectivity index (χ0) is 8.85. The van der Waals surface area contributed by atoms with Gasteiger partial charge in [-0.2, -0.15) is 0 Å². The van der Waals surface area contributed by atoms with E-state index in [4.69, 9.17) is 0 Å². The number of amides is 1. The van der Waals surface area contributed by atoms with Crippen molar-refractivity contribution in [1.29, 1.82) is 0 Å². The van der Waals surface area contributed by atoms with E-state index in [-0.39, 0.29) is 10.7 Å². The minimum Gasteiger partial charge on any atom is -0.348 e. The van der Waals surface area contributed by atoms with Crippen LogP contribution in [0.2, 0.25) is 0 Å². The molecule has 1 amide bonds. The van der Waals surface area contributed by atoms with Gasteiger partial charge in [0.25, 0.3) is 0 Å². The molecule has 0 spiro atoms. The van der Waals surface area contributed by atoms with Gasteiger partial charge >= 0.3 is 0 Å². The summed E-state index contributed by atoms with van der Waals surface area (Å²) in [5.74, 6) is 0.144. The lowest BCUT2D eigenvalue weighted by Crippen LogP contribution is -2.29. The molecule has 0 heterocycles. The van der Waals surface area contributed by atoms with Crippen molar-refractivity contribution in [1.82, 2.24) is 4.90 Å². The summed E-state index contributed by atoms with van der Waals surface area (Å²) in [5, 5.41) is 0.954. The van der Waals surface area contributed by atoms with Crippen molar-refractivity contribution < 1.29 is 4.79 Å². The molecule has 0 aromatic rings. The van der Waals surface area contributed by atoms with Crippen LogP contribution in [-0.4, -0.2) is 35.1 Å². The Hall–Kier alpha value is 0.430. The molecule has 0 rings (SSSR count). The lowest BCUT2D eigenvalue weighted by atomic mass is 10.2. The second kappa shape index (κ2) is 6.00. The topological polar surface area (TPSA) is 20.3 Å². The molecule has 66 valence electrons. The second-order valence-electron chi connectivity index (χ2n) is 2.53. The van der Waals surface area contributed by atoms with E-state index in [9.17, 15) is 4.79 Å². The van der Waals surface area contributed by atoms with Crippen molar-refractivity contribution in [3.05, 3.63) is 0 Å². The number of rotatable bonds is 4. The molecule has 0 radical (unpaired) electrons. The molecule has 0 aromatic heterocycles. The maximum absolute atomic E-state index is 11.2. The van der Waals surface area contributed by atoms with Crippen LogP contribution in [0.1, 0.15) is 12.8 Å². The van der Waals surface area contributed by atoms with Crippen molar-refractivity contribution in [2.45, 2.75) is 17.7 Å². The van der Waals surface area contributed by atoms with Gasteiger partial charge in [-0.05, 0) is 12.8 Å². The summed E-state index contributed by atoms with van der Waals surface area (Å²) < 4.78 is 0. The van der Waals surface area contributed by atoms with Crippen LogP contribution in [0, 0.1) is 0 Å². The van der Waals surface area contributed by atoms with E-state index in [1.54, 1.807) is 19.0 Å². The first kappa shape index (κ1) is 11.4. The Morgan fingerprint density at radius 3 is 2.45 bits per heavy atom. The van der Waals surface area contributed by atoms with Crippen LogP contribution in [0.4, 0.5) is 0 Å². The molecule has 0 aliphatic heterocycles. The highest BCUT2D eigenvalue weighted by Crippen LogP contribution is 2.11. The predicted octanol–water partition coefficient (Wildman–Crippen LogP) is 2.01. The molecular formula is C7H13Br2NO. The lowest BCUT2D eigenvalue weighted by molar-refractivity contribution is -0.128. The Bertz CT molecular complexity index is 128. The average molecular weight is 287 g/mol. The first-order chi connectivity index (χ1) is 5.09. The lowest BCUT2D eigenvalue weighted by Gasteiger charge is -2.14. The number of halogens is 2. The summed E-state index contributed by atoms with van der Waals surface area (Å²) in [4.78, 5) is 12.8. The molecule has 2 nitrogen and oxygen atoms in total. The van der Waals surface area contributed by atoms with Gasteiger partial charge < -0.3 is 4.90 Å². The van der Waals surface area contributed by atoms with Crippen LogP contribution in [0.25, 0.3) is 0 Å². The van der Waals surface area contributed by atoms with E-state index in [2.05, 4.69) is 31.9 Å². The molecule has 0 N–H and O–H groups in total. The van der Waals surface area contributed by atoms with Crippen LogP contribution in [0.3, 0.4) is 0 Å². The number of hydrogen-bond acceptors (Lipinski definition) is 1. The Balaban J connectivity index is 3.64. The smallest absolute Gasteiger partial charge is 0.235 e. The van der Waals surface area contributed by atoms with Gasteiger partial charge in [-0.1, -0.05) is 31.9 Å². The van der Waals surface area contributed by atoms with Gasteiger partial charge in [-0.3, -0.25) is 4.79 Å². The minimum atomic E-state index is -0.0185. The Morgan fingerprint density at radius 2 is 2.09 bits per heavy atom. The molecule has 0 saturated carbocycles. The molecule has 0 aromatic carbocycles. The number of carbonyl (C=O) groups excluding carboxylic acids is 1. The van der Waals surface area contributed by atoms with Gasteiger partial charge in [0.05, 0.1) is 4.83 Å². The van der Waals surface area contributed by atoms with E-state index < -0.39 is 0 Å². The predicted molar refractivity (Wildman–Crippen MR) is 54.4 cm³/mol. The van der Waals surface area contributed by atoms with Gasteiger partial charge in [0.15, 0.2) is 0 Å². The third-order valence-electron chi connectivity index (χ3n) is 1.30. The van der Waals surface area contributed by atoms with Gasteiger partial charge in [0.1, 0.15) is 0 Å². The maximum Gasteiger partial charge on any atom is 0.235 e. The molecule has 1 unspecified atom stereocenters. The van der Waals surface area contributed by atoms with Crippen LogP contribution in [0.15, 0.2) is 0 Å². The normalized spacial score (nSPS) is 12.7. The van der Waals surface area contributed by atoms with E-state index >= 15 is 0 Å².